The molecule has 2 fully saturated rings. The Hall–Kier alpha value is -6.74. The van der Waals surface area contributed by atoms with E-state index in [1.54, 1.807) is 74.6 Å². The quantitative estimate of drug-likeness (QED) is 0.0811. The highest BCUT2D eigenvalue weighted by atomic mass is 32.2. The number of carbonyl (C=O) groups excluding carboxylic acids is 8. The molecule has 0 aliphatic carbocycles. The first-order valence-electron chi connectivity index (χ1n) is 26.5. The summed E-state index contributed by atoms with van der Waals surface area (Å²) < 4.78 is 25.0. The average molecular weight is 1100 g/mol. The molecule has 1 aromatic heterocycles. The summed E-state index contributed by atoms with van der Waals surface area (Å²) in [6.07, 6.45) is 5.76. The Morgan fingerprint density at radius 3 is 1.47 bits per heavy atom. The van der Waals surface area contributed by atoms with E-state index in [1.165, 1.54) is 17.4 Å². The first kappa shape index (κ1) is 59.5. The molecule has 3 heterocycles. The van der Waals surface area contributed by atoms with Gasteiger partial charge in [-0.3, -0.25) is 46.8 Å². The Labute approximate surface area is 455 Å². The molecule has 21 heteroatoms. The van der Waals surface area contributed by atoms with Gasteiger partial charge in [0.15, 0.2) is 0 Å². The van der Waals surface area contributed by atoms with E-state index < -0.39 is 129 Å². The van der Waals surface area contributed by atoms with Crippen LogP contribution in [0.3, 0.4) is 0 Å². The Balaban J connectivity index is 1.46. The number of amides is 8. The van der Waals surface area contributed by atoms with Gasteiger partial charge in [0.1, 0.15) is 48.3 Å². The second kappa shape index (κ2) is 28.6. The maximum absolute atomic E-state index is 15.0. The predicted octanol–water partition coefficient (Wildman–Crippen LogP) is 2.22. The molecule has 4 aromatic rings. The number of carbonyl (C=O) groups is 8. The zero-order chi connectivity index (χ0) is 55.8. The van der Waals surface area contributed by atoms with E-state index in [0.29, 0.717) is 36.0 Å². The summed E-state index contributed by atoms with van der Waals surface area (Å²) in [5, 5.41) is 20.7. The number of nitrogens with zero attached hydrogens (tertiary/aromatic N) is 1. The molecule has 0 spiro atoms. The molecule has 19 nitrogen and oxygen atoms in total. The molecular formula is C56H75N9O10S2. The van der Waals surface area contributed by atoms with Crippen molar-refractivity contribution >= 4 is 79.8 Å². The van der Waals surface area contributed by atoms with Gasteiger partial charge in [-0.2, -0.15) is 0 Å². The van der Waals surface area contributed by atoms with Gasteiger partial charge in [0.05, 0.1) is 0 Å². The number of H-pyrrole nitrogens is 1. The third-order valence-electron chi connectivity index (χ3n) is 14.6. The van der Waals surface area contributed by atoms with Gasteiger partial charge in [-0.05, 0) is 60.3 Å². The van der Waals surface area contributed by atoms with Crippen LogP contribution < -0.4 is 37.2 Å². The maximum Gasteiger partial charge on any atom is 0.245 e. The lowest BCUT2D eigenvalue weighted by Crippen LogP contribution is -2.63. The molecule has 416 valence electrons. The molecule has 3 aromatic carbocycles. The van der Waals surface area contributed by atoms with Crippen LogP contribution in [0.4, 0.5) is 0 Å². The Bertz CT molecular complexity index is 2760. The topological polar surface area (TPSA) is 274 Å². The molecule has 8 N–H and O–H groups in total. The van der Waals surface area contributed by atoms with Crippen LogP contribution in [-0.4, -0.2) is 144 Å². The lowest BCUT2D eigenvalue weighted by atomic mass is 9.95. The van der Waals surface area contributed by atoms with Gasteiger partial charge in [-0.25, -0.2) is 0 Å². The first-order valence-corrected chi connectivity index (χ1v) is 30.0. The average Bonchev–Trinajstić information content (AvgIpc) is 4.09. The second-order valence-electron chi connectivity index (χ2n) is 20.3. The summed E-state index contributed by atoms with van der Waals surface area (Å²) in [7, 11) is -2.82. The lowest BCUT2D eigenvalue weighted by molar-refractivity contribution is -0.143. The minimum Gasteiger partial charge on any atom is -0.361 e. The summed E-state index contributed by atoms with van der Waals surface area (Å²) in [5.41, 5.74) is 2.81. The molecule has 0 saturated carbocycles. The molecule has 0 radical (unpaired) electrons. The molecule has 2 saturated heterocycles. The zero-order valence-corrected chi connectivity index (χ0v) is 46.4. The van der Waals surface area contributed by atoms with Crippen molar-refractivity contribution in [3.63, 3.8) is 0 Å². The summed E-state index contributed by atoms with van der Waals surface area (Å²) >= 11 is 0. The third-order valence-corrected chi connectivity index (χ3v) is 16.2. The summed E-state index contributed by atoms with van der Waals surface area (Å²) in [4.78, 5) is 122. The highest BCUT2D eigenvalue weighted by Crippen LogP contribution is 2.23. The van der Waals surface area contributed by atoms with Crippen LogP contribution in [0.25, 0.3) is 10.9 Å². The molecule has 2 aliphatic rings. The number of aromatic amines is 1. The zero-order valence-electron chi connectivity index (χ0n) is 44.8. The van der Waals surface area contributed by atoms with Crippen molar-refractivity contribution in [1.82, 2.24) is 47.1 Å². The van der Waals surface area contributed by atoms with Crippen molar-refractivity contribution in [2.45, 2.75) is 134 Å². The fraction of sp³-hybridized carbons (Fsp3) is 0.500. The van der Waals surface area contributed by atoms with Gasteiger partial charge in [-0.1, -0.05) is 119 Å². The largest absolute Gasteiger partial charge is 0.361 e. The molecule has 12 unspecified atom stereocenters. The van der Waals surface area contributed by atoms with Gasteiger partial charge in [0.25, 0.3) is 0 Å². The van der Waals surface area contributed by atoms with Crippen LogP contribution in [0.15, 0.2) is 91.1 Å². The SMILES string of the molecule is CCC(C)C1NC(=O)C(Cc2c[nH]c3ccccc23)NC(=O)C(Cc2ccccc2)NC(=O)C(Cc2ccccc2)NC(=O)C2CCCN2C(=O)C(CCS(C)=O)NC(=O)C(C(C)CC)NC(=O)C(CCS(C)=O)NC1=O. The van der Waals surface area contributed by atoms with Crippen molar-refractivity contribution in [3.8, 4) is 0 Å². The molecular weight excluding hydrogens is 1020 g/mol. The van der Waals surface area contributed by atoms with Crippen LogP contribution in [0.2, 0.25) is 0 Å². The van der Waals surface area contributed by atoms with Gasteiger partial charge in [0.2, 0.25) is 47.3 Å². The Kier molecular flexibility index (Phi) is 22.1. The van der Waals surface area contributed by atoms with Crippen molar-refractivity contribution in [2.24, 2.45) is 11.8 Å². The van der Waals surface area contributed by atoms with E-state index in [0.717, 1.165) is 10.9 Å². The van der Waals surface area contributed by atoms with Crippen LogP contribution in [0, 0.1) is 11.8 Å². The van der Waals surface area contributed by atoms with Crippen molar-refractivity contribution in [3.05, 3.63) is 108 Å². The van der Waals surface area contributed by atoms with Crippen LogP contribution in [0.5, 0.6) is 0 Å². The molecule has 2 aliphatic heterocycles. The normalized spacial score (nSPS) is 25.4. The standard InChI is InChI=1S/C56H75N9O10S2/c1-7-34(3)47-54(71)58-41(25-28-76(5)74)49(66)63-48(35(4)8-2)55(72)59-42(26-29-77(6)75)56(73)65-27-17-24-46(65)53(70)62-44(31-37-20-13-10-14-21-37)51(68)60-43(30-36-18-11-9-12-19-36)50(67)61-45(52(69)64-47)32-38-33-57-40-23-16-15-22-39(38)40/h9-16,18-23,33-35,41-48,57H,7-8,17,24-32H2,1-6H3,(H,58,71)(H,59,72)(H,60,68)(H,61,67)(H,62,70)(H,63,66)(H,64,69). The molecule has 6 rings (SSSR count). The Morgan fingerprint density at radius 2 is 0.948 bits per heavy atom. The minimum absolute atomic E-state index is 0.00963. The highest BCUT2D eigenvalue weighted by molar-refractivity contribution is 7.84. The monoisotopic (exact) mass is 1100 g/mol. The summed E-state index contributed by atoms with van der Waals surface area (Å²) in [5.74, 6) is -6.77. The van der Waals surface area contributed by atoms with Crippen LogP contribution in [0.1, 0.15) is 82.9 Å². The van der Waals surface area contributed by atoms with Gasteiger partial charge in [-0.15, -0.1) is 0 Å². The fourth-order valence-corrected chi connectivity index (χ4v) is 10.8. The Morgan fingerprint density at radius 1 is 0.519 bits per heavy atom. The molecule has 77 heavy (non-hydrogen) atoms. The van der Waals surface area contributed by atoms with Gasteiger partial charge < -0.3 is 47.1 Å². The number of hydrogen-bond acceptors (Lipinski definition) is 10. The molecule has 12 atom stereocenters. The van der Waals surface area contributed by atoms with Crippen molar-refractivity contribution in [1.29, 1.82) is 0 Å². The van der Waals surface area contributed by atoms with Crippen LogP contribution in [-0.2, 0) is 79.2 Å². The van der Waals surface area contributed by atoms with Crippen LogP contribution >= 0.6 is 0 Å². The number of fused-ring (bicyclic) bond motifs is 2. The summed E-state index contributed by atoms with van der Waals surface area (Å²) in [6, 6.07) is 15.2. The number of benzene rings is 3. The number of nitrogens with one attached hydrogen (secondary N) is 8. The predicted molar refractivity (Wildman–Crippen MR) is 297 cm³/mol. The lowest BCUT2D eigenvalue weighted by Gasteiger charge is -2.32. The van der Waals surface area contributed by atoms with E-state index in [1.807, 2.05) is 44.2 Å². The van der Waals surface area contributed by atoms with E-state index in [2.05, 4.69) is 42.2 Å². The maximum atomic E-state index is 15.0. The fourth-order valence-electron chi connectivity index (χ4n) is 9.69. The highest BCUT2D eigenvalue weighted by Gasteiger charge is 2.42. The number of aromatic nitrogens is 1. The second-order valence-corrected chi connectivity index (χ2v) is 23.4. The smallest absolute Gasteiger partial charge is 0.245 e. The number of hydrogen-bond donors (Lipinski definition) is 8. The van der Waals surface area contributed by atoms with Crippen molar-refractivity contribution < 1.29 is 46.8 Å². The molecule has 0 bridgehead atoms. The summed E-state index contributed by atoms with van der Waals surface area (Å²) in [6.45, 7) is 7.25. The molecule has 8 amide bonds. The minimum atomic E-state index is -1.42. The number of para-hydroxylation sites is 1. The number of rotatable bonds is 16. The van der Waals surface area contributed by atoms with E-state index in [4.69, 9.17) is 0 Å². The van der Waals surface area contributed by atoms with E-state index >= 15 is 0 Å². The van der Waals surface area contributed by atoms with Crippen molar-refractivity contribution in [2.75, 3.05) is 30.6 Å². The van der Waals surface area contributed by atoms with Gasteiger partial charge >= 0.3 is 0 Å². The van der Waals surface area contributed by atoms with E-state index in [-0.39, 0.29) is 56.6 Å². The van der Waals surface area contributed by atoms with Gasteiger partial charge in [0, 0.05) is 88.5 Å². The first-order chi connectivity index (χ1) is 36.9. The third kappa shape index (κ3) is 16.6. The van der Waals surface area contributed by atoms with E-state index in [9.17, 15) is 46.8 Å².